The maximum atomic E-state index is 9.62. The van der Waals surface area contributed by atoms with Crippen molar-refractivity contribution in [3.63, 3.8) is 0 Å². The van der Waals surface area contributed by atoms with Gasteiger partial charge in [-0.1, -0.05) is 6.92 Å². The summed E-state index contributed by atoms with van der Waals surface area (Å²) in [5.74, 6) is 1.63. The van der Waals surface area contributed by atoms with E-state index in [9.17, 15) is 5.11 Å². The Morgan fingerprint density at radius 1 is 1.56 bits per heavy atom. The van der Waals surface area contributed by atoms with E-state index in [1.807, 2.05) is 17.8 Å². The van der Waals surface area contributed by atoms with Crippen LogP contribution in [0.3, 0.4) is 0 Å². The minimum Gasteiger partial charge on any atom is -0.394 e. The number of rotatable bonds is 3. The van der Waals surface area contributed by atoms with Crippen LogP contribution in [0.5, 0.6) is 0 Å². The summed E-state index contributed by atoms with van der Waals surface area (Å²) >= 11 is 0. The predicted octanol–water partition coefficient (Wildman–Crippen LogP) is 1.77. The number of anilines is 1. The first-order valence-electron chi connectivity index (χ1n) is 6.01. The fraction of sp³-hybridized carbons (Fsp3) is 0.750. The highest BCUT2D eigenvalue weighted by Crippen LogP contribution is 2.33. The highest BCUT2D eigenvalue weighted by Gasteiger charge is 2.34. The zero-order chi connectivity index (χ0) is 11.6. The first-order valence-corrected chi connectivity index (χ1v) is 6.01. The highest BCUT2D eigenvalue weighted by molar-refractivity contribution is 5.31. The van der Waals surface area contributed by atoms with Crippen LogP contribution in [0.15, 0.2) is 12.4 Å². The average molecular weight is 223 g/mol. The molecule has 1 saturated carbocycles. The van der Waals surface area contributed by atoms with Crippen molar-refractivity contribution in [2.45, 2.75) is 38.1 Å². The monoisotopic (exact) mass is 223 g/mol. The van der Waals surface area contributed by atoms with Crippen LogP contribution in [-0.2, 0) is 7.05 Å². The molecule has 0 spiro atoms. The Morgan fingerprint density at radius 2 is 2.25 bits per heavy atom. The molecule has 1 aliphatic carbocycles. The number of nitrogens with zero attached hydrogens (tertiary/aromatic N) is 2. The van der Waals surface area contributed by atoms with Crippen molar-refractivity contribution >= 4 is 5.95 Å². The zero-order valence-corrected chi connectivity index (χ0v) is 10.1. The second-order valence-corrected chi connectivity index (χ2v) is 5.11. The van der Waals surface area contributed by atoms with E-state index in [0.29, 0.717) is 0 Å². The van der Waals surface area contributed by atoms with E-state index in [2.05, 4.69) is 17.2 Å². The van der Waals surface area contributed by atoms with Gasteiger partial charge in [0.15, 0.2) is 0 Å². The van der Waals surface area contributed by atoms with E-state index in [1.165, 1.54) is 12.8 Å². The molecule has 16 heavy (non-hydrogen) atoms. The summed E-state index contributed by atoms with van der Waals surface area (Å²) in [5, 5.41) is 13.0. The molecule has 0 unspecified atom stereocenters. The van der Waals surface area contributed by atoms with Gasteiger partial charge in [-0.05, 0) is 31.6 Å². The largest absolute Gasteiger partial charge is 0.394 e. The van der Waals surface area contributed by atoms with Crippen LogP contribution in [0.1, 0.15) is 32.6 Å². The molecular formula is C12H21N3O. The van der Waals surface area contributed by atoms with Gasteiger partial charge in [0.25, 0.3) is 0 Å². The Hall–Kier alpha value is -1.03. The molecule has 0 amide bonds. The molecule has 0 aliphatic heterocycles. The zero-order valence-electron chi connectivity index (χ0n) is 10.1. The third kappa shape index (κ3) is 2.21. The van der Waals surface area contributed by atoms with Crippen LogP contribution in [0.2, 0.25) is 0 Å². The van der Waals surface area contributed by atoms with E-state index in [-0.39, 0.29) is 12.1 Å². The molecular weight excluding hydrogens is 202 g/mol. The molecule has 1 heterocycles. The van der Waals surface area contributed by atoms with Gasteiger partial charge in [0, 0.05) is 19.4 Å². The molecule has 1 aliphatic rings. The number of hydrogen-bond donors (Lipinski definition) is 2. The van der Waals surface area contributed by atoms with Crippen molar-refractivity contribution in [1.82, 2.24) is 9.55 Å². The van der Waals surface area contributed by atoms with Crippen molar-refractivity contribution in [3.8, 4) is 0 Å². The van der Waals surface area contributed by atoms with E-state index in [0.717, 1.165) is 24.7 Å². The first-order chi connectivity index (χ1) is 7.65. The Kier molecular flexibility index (Phi) is 3.19. The molecule has 2 N–H and O–H groups in total. The summed E-state index contributed by atoms with van der Waals surface area (Å²) in [6.45, 7) is 2.47. The molecule has 2 rings (SSSR count). The van der Waals surface area contributed by atoms with Gasteiger partial charge in [0.2, 0.25) is 5.95 Å². The van der Waals surface area contributed by atoms with Gasteiger partial charge in [-0.2, -0.15) is 0 Å². The number of aromatic nitrogens is 2. The number of hydrogen-bond acceptors (Lipinski definition) is 3. The number of aliphatic hydroxyl groups excluding tert-OH is 1. The lowest BCUT2D eigenvalue weighted by atomic mass is 9.77. The van der Waals surface area contributed by atoms with Crippen LogP contribution < -0.4 is 5.32 Å². The molecule has 1 aromatic rings. The topological polar surface area (TPSA) is 50.1 Å². The molecule has 4 nitrogen and oxygen atoms in total. The lowest BCUT2D eigenvalue weighted by molar-refractivity contribution is 0.154. The van der Waals surface area contributed by atoms with Crippen LogP contribution in [0, 0.1) is 5.92 Å². The Morgan fingerprint density at radius 3 is 2.75 bits per heavy atom. The number of aliphatic hydroxyl groups is 1. The fourth-order valence-electron chi connectivity index (χ4n) is 2.36. The molecule has 0 saturated heterocycles. The van der Waals surface area contributed by atoms with E-state index >= 15 is 0 Å². The molecule has 0 aromatic carbocycles. The molecule has 1 aromatic heterocycles. The quantitative estimate of drug-likeness (QED) is 0.821. The molecule has 0 bridgehead atoms. The standard InChI is InChI=1S/C12H21N3O/c1-10-3-5-12(9-16,6-4-10)14-11-13-7-8-15(11)2/h7-8,10,16H,3-6,9H2,1-2H3,(H,13,14). The summed E-state index contributed by atoms with van der Waals surface area (Å²) in [5.41, 5.74) is -0.161. The third-order valence-electron chi connectivity index (χ3n) is 3.73. The Balaban J connectivity index is 2.08. The van der Waals surface area contributed by atoms with Gasteiger partial charge in [0.1, 0.15) is 0 Å². The molecule has 0 atom stereocenters. The van der Waals surface area contributed by atoms with Crippen molar-refractivity contribution in [1.29, 1.82) is 0 Å². The van der Waals surface area contributed by atoms with Crippen molar-refractivity contribution in [3.05, 3.63) is 12.4 Å². The van der Waals surface area contributed by atoms with Crippen molar-refractivity contribution in [2.24, 2.45) is 13.0 Å². The number of nitrogens with one attached hydrogen (secondary N) is 1. The van der Waals surface area contributed by atoms with Crippen LogP contribution in [0.4, 0.5) is 5.95 Å². The summed E-state index contributed by atoms with van der Waals surface area (Å²) in [6.07, 6.45) is 8.10. The highest BCUT2D eigenvalue weighted by atomic mass is 16.3. The predicted molar refractivity (Wildman–Crippen MR) is 64.3 cm³/mol. The van der Waals surface area contributed by atoms with Crippen LogP contribution >= 0.6 is 0 Å². The lowest BCUT2D eigenvalue weighted by Crippen LogP contribution is -2.45. The van der Waals surface area contributed by atoms with Crippen LogP contribution in [-0.4, -0.2) is 26.8 Å². The SMILES string of the molecule is CC1CCC(CO)(Nc2nccn2C)CC1. The Bertz CT molecular complexity index is 340. The lowest BCUT2D eigenvalue weighted by Gasteiger charge is -2.39. The first kappa shape index (κ1) is 11.5. The van der Waals surface area contributed by atoms with Gasteiger partial charge in [-0.15, -0.1) is 0 Å². The minimum atomic E-state index is -0.161. The average Bonchev–Trinajstić information content (AvgIpc) is 2.68. The summed E-state index contributed by atoms with van der Waals surface area (Å²) < 4.78 is 1.95. The normalized spacial score (nSPS) is 30.3. The fourth-order valence-corrected chi connectivity index (χ4v) is 2.36. The summed E-state index contributed by atoms with van der Waals surface area (Å²) in [4.78, 5) is 4.26. The van der Waals surface area contributed by atoms with E-state index in [4.69, 9.17) is 0 Å². The van der Waals surface area contributed by atoms with E-state index in [1.54, 1.807) is 6.20 Å². The van der Waals surface area contributed by atoms with Crippen molar-refractivity contribution < 1.29 is 5.11 Å². The van der Waals surface area contributed by atoms with Gasteiger partial charge in [0.05, 0.1) is 12.1 Å². The van der Waals surface area contributed by atoms with Crippen LogP contribution in [0.25, 0.3) is 0 Å². The summed E-state index contributed by atoms with van der Waals surface area (Å²) in [7, 11) is 1.96. The van der Waals surface area contributed by atoms with Gasteiger partial charge in [-0.25, -0.2) is 4.98 Å². The molecule has 90 valence electrons. The van der Waals surface area contributed by atoms with Gasteiger partial charge >= 0.3 is 0 Å². The second-order valence-electron chi connectivity index (χ2n) is 5.11. The number of aryl methyl sites for hydroxylation is 1. The minimum absolute atomic E-state index is 0.161. The smallest absolute Gasteiger partial charge is 0.203 e. The third-order valence-corrected chi connectivity index (χ3v) is 3.73. The molecule has 4 heteroatoms. The van der Waals surface area contributed by atoms with Gasteiger partial charge in [-0.3, -0.25) is 0 Å². The van der Waals surface area contributed by atoms with Gasteiger partial charge < -0.3 is 15.0 Å². The van der Waals surface area contributed by atoms with Crippen molar-refractivity contribution in [2.75, 3.05) is 11.9 Å². The maximum absolute atomic E-state index is 9.62. The molecule has 1 fully saturated rings. The summed E-state index contributed by atoms with van der Waals surface area (Å²) in [6, 6.07) is 0. The van der Waals surface area contributed by atoms with E-state index < -0.39 is 0 Å². The Labute approximate surface area is 96.7 Å². The molecule has 0 radical (unpaired) electrons. The maximum Gasteiger partial charge on any atom is 0.203 e. The second kappa shape index (κ2) is 4.45. The number of imidazole rings is 1.